The summed E-state index contributed by atoms with van der Waals surface area (Å²) in [5, 5.41) is 0. The van der Waals surface area contributed by atoms with Gasteiger partial charge in [0.1, 0.15) is 12.9 Å². The van der Waals surface area contributed by atoms with Crippen molar-refractivity contribution in [1.29, 1.82) is 0 Å². The SMILES string of the molecule is [2H]C([2H])(C)c1nc2c[n+](C)c(-c3cc(C)cc(C)c3C)cc2n1-c1c(C(C)C)cccc1C(C)C. The molecule has 2 aromatic heterocycles. The fourth-order valence-corrected chi connectivity index (χ4v) is 4.91. The topological polar surface area (TPSA) is 21.7 Å². The van der Waals surface area contributed by atoms with Crippen molar-refractivity contribution < 1.29 is 7.31 Å². The Morgan fingerprint density at radius 2 is 1.64 bits per heavy atom. The molecule has 0 radical (unpaired) electrons. The third-order valence-corrected chi connectivity index (χ3v) is 6.79. The Bertz CT molecular complexity index is 1400. The molecule has 2 heterocycles. The molecule has 4 aromatic rings. The molecule has 0 fully saturated rings. The highest BCUT2D eigenvalue weighted by molar-refractivity contribution is 5.82. The minimum absolute atomic E-state index is 0.290. The zero-order valence-electron chi connectivity index (χ0n) is 23.5. The first-order valence-electron chi connectivity index (χ1n) is 12.9. The lowest BCUT2D eigenvalue weighted by Gasteiger charge is -2.22. The minimum atomic E-state index is -1.61. The third-order valence-electron chi connectivity index (χ3n) is 6.79. The van der Waals surface area contributed by atoms with Gasteiger partial charge >= 0.3 is 0 Å². The van der Waals surface area contributed by atoms with Gasteiger partial charge in [0.05, 0.1) is 11.2 Å². The average Bonchev–Trinajstić information content (AvgIpc) is 3.13. The van der Waals surface area contributed by atoms with Gasteiger partial charge in [-0.3, -0.25) is 4.57 Å². The summed E-state index contributed by atoms with van der Waals surface area (Å²) in [6.07, 6.45) is 0.437. The van der Waals surface area contributed by atoms with Crippen LogP contribution in [0.4, 0.5) is 0 Å². The molecule has 33 heavy (non-hydrogen) atoms. The monoisotopic (exact) mass is 442 g/mol. The van der Waals surface area contributed by atoms with E-state index in [1.807, 2.05) is 13.2 Å². The van der Waals surface area contributed by atoms with Crippen LogP contribution in [0.3, 0.4) is 0 Å². The molecule has 0 amide bonds. The van der Waals surface area contributed by atoms with E-state index in [-0.39, 0.29) is 11.8 Å². The highest BCUT2D eigenvalue weighted by atomic mass is 15.1. The van der Waals surface area contributed by atoms with Crippen molar-refractivity contribution in [2.75, 3.05) is 0 Å². The van der Waals surface area contributed by atoms with Gasteiger partial charge in [0.25, 0.3) is 0 Å². The largest absolute Gasteiger partial charge is 0.295 e. The average molecular weight is 443 g/mol. The standard InChI is InChI=1S/C30H38N3/c1-10-29-31-26-17-32(9)27(25-15-20(6)14-21(7)22(25)8)16-28(26)33(29)30-23(18(2)3)12-11-13-24(30)19(4)5/h11-19H,10H2,1-9H3/q+1/i10D2. The fraction of sp³-hybridized carbons (Fsp3) is 0.400. The minimum Gasteiger partial charge on any atom is -0.295 e. The first-order chi connectivity index (χ1) is 16.3. The van der Waals surface area contributed by atoms with Crippen molar-refractivity contribution in [2.45, 2.75) is 73.6 Å². The third kappa shape index (κ3) is 3.99. The number of benzene rings is 2. The highest BCUT2D eigenvalue weighted by Crippen LogP contribution is 2.35. The first-order valence-corrected chi connectivity index (χ1v) is 11.9. The van der Waals surface area contributed by atoms with E-state index < -0.39 is 6.37 Å². The van der Waals surface area contributed by atoms with Gasteiger partial charge in [0.15, 0.2) is 11.7 Å². The maximum atomic E-state index is 8.69. The predicted octanol–water partition coefficient (Wildman–Crippen LogP) is 7.25. The predicted molar refractivity (Wildman–Crippen MR) is 139 cm³/mol. The molecule has 172 valence electrons. The maximum Gasteiger partial charge on any atom is 0.214 e. The van der Waals surface area contributed by atoms with Gasteiger partial charge in [-0.05, 0) is 60.9 Å². The van der Waals surface area contributed by atoms with Crippen LogP contribution in [0.5, 0.6) is 0 Å². The zero-order valence-corrected chi connectivity index (χ0v) is 21.5. The van der Waals surface area contributed by atoms with E-state index in [0.29, 0.717) is 5.82 Å². The Morgan fingerprint density at radius 3 is 2.21 bits per heavy atom. The molecule has 4 rings (SSSR count). The number of para-hydroxylation sites is 1. The Morgan fingerprint density at radius 1 is 1.00 bits per heavy atom. The smallest absolute Gasteiger partial charge is 0.214 e. The molecule has 0 spiro atoms. The summed E-state index contributed by atoms with van der Waals surface area (Å²) in [7, 11) is 2.05. The van der Waals surface area contributed by atoms with E-state index in [2.05, 4.69) is 94.0 Å². The number of aryl methyl sites for hydroxylation is 4. The second-order valence-corrected chi connectivity index (χ2v) is 9.91. The molecule has 0 aliphatic rings. The Hall–Kier alpha value is -2.94. The molecule has 0 bridgehead atoms. The maximum absolute atomic E-state index is 8.69. The van der Waals surface area contributed by atoms with Gasteiger partial charge in [0.2, 0.25) is 5.69 Å². The van der Waals surface area contributed by atoms with Crippen LogP contribution in [0, 0.1) is 20.8 Å². The van der Waals surface area contributed by atoms with Gasteiger partial charge in [-0.2, -0.15) is 4.57 Å². The number of hydrogen-bond acceptors (Lipinski definition) is 1. The van der Waals surface area contributed by atoms with Crippen LogP contribution in [0.15, 0.2) is 42.6 Å². The fourth-order valence-electron chi connectivity index (χ4n) is 4.91. The van der Waals surface area contributed by atoms with E-state index >= 15 is 0 Å². The van der Waals surface area contributed by atoms with E-state index in [1.54, 1.807) is 6.92 Å². The quantitative estimate of drug-likeness (QED) is 0.298. The van der Waals surface area contributed by atoms with Crippen molar-refractivity contribution in [3.05, 3.63) is 76.2 Å². The van der Waals surface area contributed by atoms with E-state index in [0.717, 1.165) is 22.4 Å². The van der Waals surface area contributed by atoms with Crippen LogP contribution < -0.4 is 4.57 Å². The summed E-state index contributed by atoms with van der Waals surface area (Å²) in [4.78, 5) is 4.88. The Balaban J connectivity index is 2.18. The Kier molecular flexibility index (Phi) is 5.49. The number of imidazole rings is 1. The molecule has 3 nitrogen and oxygen atoms in total. The first kappa shape index (κ1) is 20.7. The van der Waals surface area contributed by atoms with Gasteiger partial charge in [-0.1, -0.05) is 64.4 Å². The lowest BCUT2D eigenvalue weighted by atomic mass is 9.92. The van der Waals surface area contributed by atoms with Gasteiger partial charge in [0, 0.05) is 20.7 Å². The molecule has 0 unspecified atom stereocenters. The van der Waals surface area contributed by atoms with Crippen molar-refractivity contribution >= 4 is 11.0 Å². The van der Waals surface area contributed by atoms with Crippen LogP contribution in [0.1, 0.15) is 82.8 Å². The molecule has 3 heteroatoms. The van der Waals surface area contributed by atoms with Crippen molar-refractivity contribution in [1.82, 2.24) is 9.55 Å². The Labute approximate surface area is 201 Å². The summed E-state index contributed by atoms with van der Waals surface area (Å²) in [5.74, 6) is 1.02. The second-order valence-electron chi connectivity index (χ2n) is 9.91. The summed E-state index contributed by atoms with van der Waals surface area (Å²) in [5.41, 5.74) is 11.3. The van der Waals surface area contributed by atoms with Gasteiger partial charge < -0.3 is 0 Å². The summed E-state index contributed by atoms with van der Waals surface area (Å²) in [6, 6.07) is 13.1. The highest BCUT2D eigenvalue weighted by Gasteiger charge is 2.24. The zero-order chi connectivity index (χ0) is 25.8. The number of nitrogens with zero attached hydrogens (tertiary/aromatic N) is 3. The van der Waals surface area contributed by atoms with E-state index in [9.17, 15) is 0 Å². The van der Waals surface area contributed by atoms with Crippen molar-refractivity contribution in [2.24, 2.45) is 7.05 Å². The molecule has 2 aromatic carbocycles. The van der Waals surface area contributed by atoms with Crippen molar-refractivity contribution in [3.8, 4) is 16.9 Å². The summed E-state index contributed by atoms with van der Waals surface area (Å²) in [6.45, 7) is 16.9. The number of rotatable bonds is 5. The molecule has 0 saturated carbocycles. The molecule has 0 saturated heterocycles. The molecule has 0 aliphatic heterocycles. The van der Waals surface area contributed by atoms with Crippen LogP contribution in [0.25, 0.3) is 28.0 Å². The lowest BCUT2D eigenvalue weighted by Crippen LogP contribution is -2.31. The second kappa shape index (κ2) is 8.78. The van der Waals surface area contributed by atoms with Crippen molar-refractivity contribution in [3.63, 3.8) is 0 Å². The number of pyridine rings is 1. The number of fused-ring (bicyclic) bond motifs is 1. The molecule has 0 aliphatic carbocycles. The summed E-state index contributed by atoms with van der Waals surface area (Å²) < 4.78 is 21.6. The van der Waals surface area contributed by atoms with Crippen LogP contribution in [-0.2, 0) is 13.4 Å². The van der Waals surface area contributed by atoms with Gasteiger partial charge in [-0.25, -0.2) is 4.98 Å². The lowest BCUT2D eigenvalue weighted by molar-refractivity contribution is -0.659. The summed E-state index contributed by atoms with van der Waals surface area (Å²) >= 11 is 0. The molecule has 0 N–H and O–H groups in total. The van der Waals surface area contributed by atoms with Crippen LogP contribution in [0.2, 0.25) is 0 Å². The normalized spacial score (nSPS) is 13.2. The molecular formula is C30H38N3+. The van der Waals surface area contributed by atoms with E-state index in [4.69, 9.17) is 7.73 Å². The molecular weight excluding hydrogens is 402 g/mol. The number of hydrogen-bond donors (Lipinski definition) is 0. The van der Waals surface area contributed by atoms with Gasteiger partial charge in [-0.15, -0.1) is 0 Å². The van der Waals surface area contributed by atoms with Crippen LogP contribution >= 0.6 is 0 Å². The van der Waals surface area contributed by atoms with Crippen LogP contribution in [-0.4, -0.2) is 9.55 Å². The number of aromatic nitrogens is 3. The molecule has 0 atom stereocenters. The van der Waals surface area contributed by atoms with E-state index in [1.165, 1.54) is 33.4 Å².